The summed E-state index contributed by atoms with van der Waals surface area (Å²) < 4.78 is 9.77. The van der Waals surface area contributed by atoms with Gasteiger partial charge < -0.3 is 20.0 Å². The van der Waals surface area contributed by atoms with Gasteiger partial charge in [0.2, 0.25) is 11.2 Å². The number of carbonyl (C=O) groups is 1. The van der Waals surface area contributed by atoms with E-state index in [4.69, 9.17) is 20.0 Å². The van der Waals surface area contributed by atoms with Gasteiger partial charge in [-0.2, -0.15) is 0 Å². The van der Waals surface area contributed by atoms with E-state index in [1.807, 2.05) is 0 Å². The van der Waals surface area contributed by atoms with E-state index < -0.39 is 11.5 Å². The molecule has 0 radical (unpaired) electrons. The molecular formula is C10H13NO5. The molecule has 16 heavy (non-hydrogen) atoms. The minimum Gasteiger partial charge on any atom is -0.490 e. The second kappa shape index (κ2) is 4.36. The van der Waals surface area contributed by atoms with E-state index in [0.29, 0.717) is 0 Å². The van der Waals surface area contributed by atoms with Crippen LogP contribution < -0.4 is 15.9 Å². The number of nitrogens with two attached hydrogens (primary N) is 1. The number of methoxy groups -OCH3 is 1. The zero-order valence-corrected chi connectivity index (χ0v) is 9.02. The van der Waals surface area contributed by atoms with E-state index in [-0.39, 0.29) is 23.4 Å². The Morgan fingerprint density at radius 2 is 2.31 bits per heavy atom. The van der Waals surface area contributed by atoms with Gasteiger partial charge in [-0.1, -0.05) is 0 Å². The molecule has 3 N–H and O–H groups in total. The molecule has 0 aliphatic heterocycles. The summed E-state index contributed by atoms with van der Waals surface area (Å²) in [6.07, 6.45) is 1.07. The number of carboxylic acids is 1. The Bertz CT molecular complexity index is 449. The van der Waals surface area contributed by atoms with Crippen molar-refractivity contribution in [3.63, 3.8) is 0 Å². The first-order chi connectivity index (χ1) is 7.36. The molecule has 6 nitrogen and oxygen atoms in total. The Morgan fingerprint density at radius 3 is 2.75 bits per heavy atom. The fraction of sp³-hybridized carbons (Fsp3) is 0.400. The van der Waals surface area contributed by atoms with Crippen LogP contribution in [0.1, 0.15) is 12.7 Å². The summed E-state index contributed by atoms with van der Waals surface area (Å²) in [5.41, 5.74) is 3.68. The molecule has 0 spiro atoms. The Labute approximate surface area is 91.6 Å². The topological polar surface area (TPSA) is 103 Å². The maximum Gasteiger partial charge on any atom is 0.323 e. The number of hydrogen-bond acceptors (Lipinski definition) is 5. The molecule has 0 aliphatic rings. The van der Waals surface area contributed by atoms with Gasteiger partial charge in [0.1, 0.15) is 17.6 Å². The first-order valence-corrected chi connectivity index (χ1v) is 4.55. The van der Waals surface area contributed by atoms with Crippen molar-refractivity contribution in [2.24, 2.45) is 5.73 Å². The third-order valence-corrected chi connectivity index (χ3v) is 2.10. The number of rotatable bonds is 4. The Morgan fingerprint density at radius 1 is 1.69 bits per heavy atom. The van der Waals surface area contributed by atoms with Crippen LogP contribution in [0.5, 0.6) is 5.75 Å². The molecular weight excluding hydrogens is 214 g/mol. The van der Waals surface area contributed by atoms with Crippen LogP contribution in [0.15, 0.2) is 21.5 Å². The fourth-order valence-corrected chi connectivity index (χ4v) is 1.12. The summed E-state index contributed by atoms with van der Waals surface area (Å²) in [5.74, 6) is -0.887. The highest BCUT2D eigenvalue weighted by Crippen LogP contribution is 2.12. The third-order valence-electron chi connectivity index (χ3n) is 2.10. The lowest BCUT2D eigenvalue weighted by molar-refractivity contribution is -0.142. The van der Waals surface area contributed by atoms with Gasteiger partial charge in [0.05, 0.1) is 7.11 Å². The molecule has 1 aromatic rings. The largest absolute Gasteiger partial charge is 0.490 e. The summed E-state index contributed by atoms with van der Waals surface area (Å²) >= 11 is 0. The standard InChI is InChI=1S/C10H13NO5/c1-10(11,9(13)14)4-6-3-7(12)8(15-2)5-16-6/h3,5H,4,11H2,1-2H3,(H,13,14). The van der Waals surface area contributed by atoms with Crippen molar-refractivity contribution in [3.8, 4) is 5.75 Å². The molecule has 0 aliphatic carbocycles. The van der Waals surface area contributed by atoms with E-state index in [1.54, 1.807) is 0 Å². The summed E-state index contributed by atoms with van der Waals surface area (Å²) in [7, 11) is 1.34. The second-order valence-corrected chi connectivity index (χ2v) is 3.68. The lowest BCUT2D eigenvalue weighted by Crippen LogP contribution is -2.46. The molecule has 1 atom stereocenters. The monoisotopic (exact) mass is 227 g/mol. The van der Waals surface area contributed by atoms with Crippen molar-refractivity contribution < 1.29 is 19.1 Å². The van der Waals surface area contributed by atoms with Gasteiger partial charge >= 0.3 is 5.97 Å². The van der Waals surface area contributed by atoms with E-state index in [1.165, 1.54) is 20.1 Å². The highest BCUT2D eigenvalue weighted by atomic mass is 16.5. The van der Waals surface area contributed by atoms with Crippen molar-refractivity contribution >= 4 is 5.97 Å². The number of ether oxygens (including phenoxy) is 1. The van der Waals surface area contributed by atoms with Crippen LogP contribution in [0, 0.1) is 0 Å². The molecule has 1 aromatic heterocycles. The van der Waals surface area contributed by atoms with Crippen LogP contribution in [-0.2, 0) is 11.2 Å². The van der Waals surface area contributed by atoms with Crippen molar-refractivity contribution in [2.45, 2.75) is 18.9 Å². The first-order valence-electron chi connectivity index (χ1n) is 4.55. The van der Waals surface area contributed by atoms with Gasteiger partial charge in [0.15, 0.2) is 0 Å². The smallest absolute Gasteiger partial charge is 0.323 e. The van der Waals surface area contributed by atoms with Crippen LogP contribution in [0.2, 0.25) is 0 Å². The molecule has 0 amide bonds. The van der Waals surface area contributed by atoms with Crippen LogP contribution in [-0.4, -0.2) is 23.7 Å². The van der Waals surface area contributed by atoms with E-state index in [9.17, 15) is 9.59 Å². The van der Waals surface area contributed by atoms with Crippen LogP contribution in [0.3, 0.4) is 0 Å². The lowest BCUT2D eigenvalue weighted by atomic mass is 9.98. The predicted molar refractivity (Wildman–Crippen MR) is 55.5 cm³/mol. The van der Waals surface area contributed by atoms with Crippen molar-refractivity contribution in [2.75, 3.05) is 7.11 Å². The SMILES string of the molecule is COc1coc(CC(C)(N)C(=O)O)cc1=O. The second-order valence-electron chi connectivity index (χ2n) is 3.68. The van der Waals surface area contributed by atoms with Crippen LogP contribution >= 0.6 is 0 Å². The van der Waals surface area contributed by atoms with E-state index in [2.05, 4.69) is 0 Å². The molecule has 6 heteroatoms. The summed E-state index contributed by atoms with van der Waals surface area (Å²) in [4.78, 5) is 22.1. The first kappa shape index (κ1) is 12.3. The number of aliphatic carboxylic acids is 1. The Hall–Kier alpha value is -1.82. The van der Waals surface area contributed by atoms with Crippen LogP contribution in [0.4, 0.5) is 0 Å². The van der Waals surface area contributed by atoms with Gasteiger partial charge in [0.25, 0.3) is 0 Å². The average molecular weight is 227 g/mol. The highest BCUT2D eigenvalue weighted by molar-refractivity contribution is 5.78. The quantitative estimate of drug-likeness (QED) is 0.750. The molecule has 1 unspecified atom stereocenters. The number of carboxylic acid groups (broad SMARTS) is 1. The Kier molecular flexibility index (Phi) is 3.34. The van der Waals surface area contributed by atoms with E-state index in [0.717, 1.165) is 6.26 Å². The van der Waals surface area contributed by atoms with Gasteiger partial charge in [-0.25, -0.2) is 0 Å². The van der Waals surface area contributed by atoms with Gasteiger partial charge in [-0.15, -0.1) is 0 Å². The maximum atomic E-state index is 11.4. The number of hydrogen-bond donors (Lipinski definition) is 2. The van der Waals surface area contributed by atoms with Crippen molar-refractivity contribution in [1.82, 2.24) is 0 Å². The van der Waals surface area contributed by atoms with Crippen LogP contribution in [0.25, 0.3) is 0 Å². The van der Waals surface area contributed by atoms with Crippen molar-refractivity contribution in [1.29, 1.82) is 0 Å². The molecule has 0 saturated carbocycles. The van der Waals surface area contributed by atoms with Gasteiger partial charge in [-0.05, 0) is 6.92 Å². The average Bonchev–Trinajstić information content (AvgIpc) is 2.17. The zero-order valence-electron chi connectivity index (χ0n) is 9.02. The zero-order chi connectivity index (χ0) is 12.3. The molecule has 0 saturated heterocycles. The minimum atomic E-state index is -1.47. The summed E-state index contributed by atoms with van der Waals surface area (Å²) in [6, 6.07) is 1.17. The molecule has 88 valence electrons. The minimum absolute atomic E-state index is 0.0674. The van der Waals surface area contributed by atoms with Gasteiger partial charge in [-0.3, -0.25) is 9.59 Å². The molecule has 0 fully saturated rings. The van der Waals surface area contributed by atoms with E-state index >= 15 is 0 Å². The molecule has 0 aromatic carbocycles. The maximum absolute atomic E-state index is 11.4. The Balaban J connectivity index is 2.96. The fourth-order valence-electron chi connectivity index (χ4n) is 1.12. The van der Waals surface area contributed by atoms with Crippen molar-refractivity contribution in [3.05, 3.63) is 28.3 Å². The molecule has 0 bridgehead atoms. The normalized spacial score (nSPS) is 14.2. The summed E-state index contributed by atoms with van der Waals surface area (Å²) in [5, 5.41) is 8.80. The predicted octanol–water partition coefficient (Wildman–Crippen LogP) is -0.00710. The third kappa shape index (κ3) is 2.60. The summed E-state index contributed by atoms with van der Waals surface area (Å²) in [6.45, 7) is 1.35. The molecule has 1 rings (SSSR count). The lowest BCUT2D eigenvalue weighted by Gasteiger charge is -2.17. The highest BCUT2D eigenvalue weighted by Gasteiger charge is 2.29. The van der Waals surface area contributed by atoms with Gasteiger partial charge in [0, 0.05) is 12.5 Å². The molecule has 1 heterocycles.